The quantitative estimate of drug-likeness (QED) is 0.827. The third kappa shape index (κ3) is 5.22. The van der Waals surface area contributed by atoms with E-state index in [4.69, 9.17) is 16.3 Å². The van der Waals surface area contributed by atoms with Crippen molar-refractivity contribution in [1.29, 1.82) is 0 Å². The predicted molar refractivity (Wildman–Crippen MR) is 108 cm³/mol. The molecular formula is C21H26ClN3O2. The molecule has 0 aromatic heterocycles. The number of carbonyl (C=O) groups is 1. The number of methoxy groups -OCH3 is 1. The Morgan fingerprint density at radius 3 is 2.78 bits per heavy atom. The first-order valence-electron chi connectivity index (χ1n) is 9.14. The number of carbonyl (C=O) groups excluding carboxylic acids is 1. The van der Waals surface area contributed by atoms with Crippen molar-refractivity contribution < 1.29 is 9.53 Å². The molecule has 3 rings (SSSR count). The van der Waals surface area contributed by atoms with Crippen LogP contribution in [-0.4, -0.2) is 56.0 Å². The summed E-state index contributed by atoms with van der Waals surface area (Å²) in [6.45, 7) is 3.50. The number of piperazine rings is 1. The van der Waals surface area contributed by atoms with Gasteiger partial charge in [-0.2, -0.15) is 0 Å². The van der Waals surface area contributed by atoms with E-state index in [0.717, 1.165) is 41.5 Å². The summed E-state index contributed by atoms with van der Waals surface area (Å²) < 4.78 is 5.18. The van der Waals surface area contributed by atoms with Crippen molar-refractivity contribution in [3.05, 3.63) is 64.7 Å². The van der Waals surface area contributed by atoms with Gasteiger partial charge >= 0.3 is 0 Å². The van der Waals surface area contributed by atoms with Gasteiger partial charge in [0.05, 0.1) is 13.7 Å². The van der Waals surface area contributed by atoms with Crippen molar-refractivity contribution >= 4 is 17.5 Å². The fraction of sp³-hybridized carbons (Fsp3) is 0.381. The molecule has 0 bridgehead atoms. The van der Waals surface area contributed by atoms with E-state index in [1.54, 1.807) is 12.0 Å². The summed E-state index contributed by atoms with van der Waals surface area (Å²) in [6.07, 6.45) is 0. The van der Waals surface area contributed by atoms with Gasteiger partial charge in [0.1, 0.15) is 5.75 Å². The van der Waals surface area contributed by atoms with Crippen LogP contribution in [0.1, 0.15) is 17.2 Å². The molecular weight excluding hydrogens is 362 g/mol. The first-order valence-corrected chi connectivity index (χ1v) is 9.52. The number of nitrogens with one attached hydrogen (secondary N) is 1. The lowest BCUT2D eigenvalue weighted by Crippen LogP contribution is -2.49. The number of ether oxygens (including phenoxy) is 1. The fourth-order valence-corrected chi connectivity index (χ4v) is 3.56. The number of nitrogens with zero attached hydrogens (tertiary/aromatic N) is 2. The minimum atomic E-state index is 0.111. The maximum Gasteiger partial charge on any atom is 0.236 e. The van der Waals surface area contributed by atoms with Crippen LogP contribution in [0.2, 0.25) is 5.02 Å². The van der Waals surface area contributed by atoms with E-state index in [1.807, 2.05) is 49.5 Å². The number of hydrogen-bond donors (Lipinski definition) is 1. The van der Waals surface area contributed by atoms with Crippen LogP contribution in [0, 0.1) is 0 Å². The predicted octanol–water partition coefficient (Wildman–Crippen LogP) is 2.95. The summed E-state index contributed by atoms with van der Waals surface area (Å²) >= 11 is 6.16. The zero-order valence-corrected chi connectivity index (χ0v) is 16.6. The smallest absolute Gasteiger partial charge is 0.236 e. The third-order valence-corrected chi connectivity index (χ3v) is 5.17. The molecule has 0 spiro atoms. The molecule has 2 aromatic rings. The number of hydrogen-bond acceptors (Lipinski definition) is 4. The number of likely N-dealkylation sites (N-methyl/N-ethyl adjacent to an activating group) is 1. The lowest BCUT2D eigenvalue weighted by Gasteiger charge is -2.37. The molecule has 0 saturated carbocycles. The highest BCUT2D eigenvalue weighted by Crippen LogP contribution is 2.24. The molecule has 1 aliphatic rings. The van der Waals surface area contributed by atoms with E-state index in [1.165, 1.54) is 0 Å². The Morgan fingerprint density at radius 1 is 1.30 bits per heavy atom. The molecule has 5 nitrogen and oxygen atoms in total. The summed E-state index contributed by atoms with van der Waals surface area (Å²) in [4.78, 5) is 16.8. The van der Waals surface area contributed by atoms with Gasteiger partial charge in [0, 0.05) is 44.3 Å². The Hall–Kier alpha value is -2.08. The highest BCUT2D eigenvalue weighted by atomic mass is 35.5. The summed E-state index contributed by atoms with van der Waals surface area (Å²) in [7, 11) is 3.50. The van der Waals surface area contributed by atoms with Crippen LogP contribution in [0.25, 0.3) is 0 Å². The molecule has 1 N–H and O–H groups in total. The van der Waals surface area contributed by atoms with Crippen molar-refractivity contribution in [1.82, 2.24) is 15.1 Å². The second kappa shape index (κ2) is 9.22. The zero-order chi connectivity index (χ0) is 19.2. The van der Waals surface area contributed by atoms with E-state index in [2.05, 4.69) is 16.3 Å². The van der Waals surface area contributed by atoms with Crippen LogP contribution in [0.4, 0.5) is 0 Å². The summed E-state index contributed by atoms with van der Waals surface area (Å²) in [5.41, 5.74) is 2.22. The second-order valence-corrected chi connectivity index (χ2v) is 7.28. The largest absolute Gasteiger partial charge is 0.497 e. The molecule has 1 saturated heterocycles. The van der Waals surface area contributed by atoms with E-state index in [0.29, 0.717) is 13.1 Å². The molecule has 27 heavy (non-hydrogen) atoms. The first kappa shape index (κ1) is 19.7. The average Bonchev–Trinajstić information content (AvgIpc) is 2.69. The monoisotopic (exact) mass is 387 g/mol. The molecule has 1 atom stereocenters. The SMILES string of the molecule is COc1ccc(CN(C)C(=O)CN2CCNCC2c2cccc(Cl)c2)cc1. The van der Waals surface area contributed by atoms with Gasteiger partial charge in [0.25, 0.3) is 0 Å². The molecule has 1 amide bonds. The number of benzene rings is 2. The molecule has 144 valence electrons. The maximum absolute atomic E-state index is 12.8. The van der Waals surface area contributed by atoms with Crippen LogP contribution in [-0.2, 0) is 11.3 Å². The number of halogens is 1. The van der Waals surface area contributed by atoms with Gasteiger partial charge < -0.3 is 15.0 Å². The molecule has 1 fully saturated rings. The van der Waals surface area contributed by atoms with Gasteiger partial charge in [-0.25, -0.2) is 0 Å². The molecule has 1 unspecified atom stereocenters. The zero-order valence-electron chi connectivity index (χ0n) is 15.8. The van der Waals surface area contributed by atoms with Crippen molar-refractivity contribution in [2.45, 2.75) is 12.6 Å². The molecule has 1 heterocycles. The molecule has 0 aliphatic carbocycles. The Kier molecular flexibility index (Phi) is 6.72. The van der Waals surface area contributed by atoms with Gasteiger partial charge in [0.15, 0.2) is 0 Å². The van der Waals surface area contributed by atoms with Crippen LogP contribution >= 0.6 is 11.6 Å². The standard InChI is InChI=1S/C21H26ClN3O2/c1-24(14-16-6-8-19(27-2)9-7-16)21(26)15-25-11-10-23-13-20(25)17-4-3-5-18(22)12-17/h3-9,12,20,23H,10-11,13-15H2,1-2H3. The van der Waals surface area contributed by atoms with Crippen molar-refractivity contribution in [3.63, 3.8) is 0 Å². The van der Waals surface area contributed by atoms with Gasteiger partial charge in [-0.05, 0) is 35.4 Å². The highest BCUT2D eigenvalue weighted by Gasteiger charge is 2.26. The maximum atomic E-state index is 12.8. The Balaban J connectivity index is 1.63. The minimum Gasteiger partial charge on any atom is -0.497 e. The lowest BCUT2D eigenvalue weighted by atomic mass is 10.0. The normalized spacial score (nSPS) is 17.5. The van der Waals surface area contributed by atoms with E-state index < -0.39 is 0 Å². The summed E-state index contributed by atoms with van der Waals surface area (Å²) in [6, 6.07) is 15.8. The summed E-state index contributed by atoms with van der Waals surface area (Å²) in [5, 5.41) is 4.14. The Morgan fingerprint density at radius 2 is 2.07 bits per heavy atom. The second-order valence-electron chi connectivity index (χ2n) is 6.84. The number of amides is 1. The Labute approximate surface area is 165 Å². The van der Waals surface area contributed by atoms with Crippen LogP contribution in [0.5, 0.6) is 5.75 Å². The molecule has 6 heteroatoms. The molecule has 2 aromatic carbocycles. The highest BCUT2D eigenvalue weighted by molar-refractivity contribution is 6.30. The van der Waals surface area contributed by atoms with Gasteiger partial charge in [-0.3, -0.25) is 9.69 Å². The fourth-order valence-electron chi connectivity index (χ4n) is 3.37. The van der Waals surface area contributed by atoms with Crippen molar-refractivity contribution in [2.75, 3.05) is 40.3 Å². The summed E-state index contributed by atoms with van der Waals surface area (Å²) in [5.74, 6) is 0.928. The van der Waals surface area contributed by atoms with Crippen LogP contribution in [0.15, 0.2) is 48.5 Å². The van der Waals surface area contributed by atoms with E-state index >= 15 is 0 Å². The number of rotatable bonds is 6. The topological polar surface area (TPSA) is 44.8 Å². The van der Waals surface area contributed by atoms with Gasteiger partial charge in [0.2, 0.25) is 5.91 Å². The van der Waals surface area contributed by atoms with Gasteiger partial charge in [-0.1, -0.05) is 35.9 Å². The van der Waals surface area contributed by atoms with E-state index in [-0.39, 0.29) is 11.9 Å². The lowest BCUT2D eigenvalue weighted by molar-refractivity contribution is -0.132. The van der Waals surface area contributed by atoms with Crippen molar-refractivity contribution in [2.24, 2.45) is 0 Å². The Bertz CT molecular complexity index is 766. The van der Waals surface area contributed by atoms with Gasteiger partial charge in [-0.15, -0.1) is 0 Å². The average molecular weight is 388 g/mol. The van der Waals surface area contributed by atoms with Crippen LogP contribution in [0.3, 0.4) is 0 Å². The first-order chi connectivity index (χ1) is 13.1. The molecule has 0 radical (unpaired) electrons. The minimum absolute atomic E-state index is 0.111. The van der Waals surface area contributed by atoms with E-state index in [9.17, 15) is 4.79 Å². The third-order valence-electron chi connectivity index (χ3n) is 4.93. The van der Waals surface area contributed by atoms with Crippen LogP contribution < -0.4 is 10.1 Å². The molecule has 1 aliphatic heterocycles. The van der Waals surface area contributed by atoms with Crippen molar-refractivity contribution in [3.8, 4) is 5.75 Å².